The number of hydrogen-bond donors (Lipinski definition) is 0. The molecule has 0 radical (unpaired) electrons. The van der Waals surface area contributed by atoms with Crippen LogP contribution in [0.15, 0.2) is 53.4 Å². The van der Waals surface area contributed by atoms with Gasteiger partial charge in [0, 0.05) is 16.5 Å². The Morgan fingerprint density at radius 1 is 0.893 bits per heavy atom. The van der Waals surface area contributed by atoms with Crippen molar-refractivity contribution in [1.29, 1.82) is 0 Å². The first-order chi connectivity index (χ1) is 13.7. The van der Waals surface area contributed by atoms with Gasteiger partial charge in [0.25, 0.3) is 0 Å². The molecule has 0 aliphatic rings. The minimum Gasteiger partial charge on any atom is -0.493 e. The van der Waals surface area contributed by atoms with Gasteiger partial charge in [0.2, 0.25) is 0 Å². The number of rotatable bonds is 12. The highest BCUT2D eigenvalue weighted by Crippen LogP contribution is 2.25. The van der Waals surface area contributed by atoms with Crippen LogP contribution in [0.1, 0.15) is 56.0 Å². The number of ether oxygens (including phenoxy) is 2. The molecule has 28 heavy (non-hydrogen) atoms. The number of ketones is 1. The van der Waals surface area contributed by atoms with E-state index in [0.29, 0.717) is 18.8 Å². The van der Waals surface area contributed by atoms with Gasteiger partial charge in [0.15, 0.2) is 5.78 Å². The average Bonchev–Trinajstić information content (AvgIpc) is 2.73. The van der Waals surface area contributed by atoms with Crippen molar-refractivity contribution < 1.29 is 14.3 Å². The topological polar surface area (TPSA) is 35.5 Å². The van der Waals surface area contributed by atoms with Gasteiger partial charge in [-0.05, 0) is 73.1 Å². The summed E-state index contributed by atoms with van der Waals surface area (Å²) < 4.78 is 11.5. The molecule has 0 amide bonds. The Kier molecular flexibility index (Phi) is 9.70. The summed E-state index contributed by atoms with van der Waals surface area (Å²) in [5.74, 6) is 2.61. The van der Waals surface area contributed by atoms with Crippen LogP contribution in [0.25, 0.3) is 6.08 Å². The van der Waals surface area contributed by atoms with Crippen LogP contribution in [-0.2, 0) is 0 Å². The van der Waals surface area contributed by atoms with Crippen molar-refractivity contribution in [2.45, 2.75) is 44.9 Å². The smallest absolute Gasteiger partial charge is 0.185 e. The second-order valence-corrected chi connectivity index (χ2v) is 7.67. The molecular formula is C24H30O3S. The van der Waals surface area contributed by atoms with Crippen molar-refractivity contribution in [2.24, 2.45) is 0 Å². The molecule has 3 nitrogen and oxygen atoms in total. The van der Waals surface area contributed by atoms with Crippen molar-refractivity contribution in [3.05, 3.63) is 59.7 Å². The fourth-order valence-electron chi connectivity index (χ4n) is 2.50. The Hall–Kier alpha value is -2.20. The monoisotopic (exact) mass is 398 g/mol. The van der Waals surface area contributed by atoms with E-state index in [4.69, 9.17) is 9.47 Å². The van der Waals surface area contributed by atoms with E-state index in [0.717, 1.165) is 42.1 Å². The van der Waals surface area contributed by atoms with Crippen LogP contribution < -0.4 is 9.47 Å². The molecule has 0 unspecified atom stereocenters. The fraction of sp³-hybridized carbons (Fsp3) is 0.375. The highest BCUT2D eigenvalue weighted by atomic mass is 32.2. The van der Waals surface area contributed by atoms with E-state index in [1.165, 1.54) is 4.90 Å². The first-order valence-corrected chi connectivity index (χ1v) is 11.0. The van der Waals surface area contributed by atoms with Crippen LogP contribution in [0.3, 0.4) is 0 Å². The maximum absolute atomic E-state index is 12.5. The standard InChI is InChI=1S/C24H30O3S/c1-4-13-26-21-16-19(17-22(18-21)27-14-5-2)7-12-24(25)20-8-10-23(11-9-20)28-15-6-3/h7-12,16-18H,4-6,13-15H2,1-3H3. The second kappa shape index (κ2) is 12.3. The number of allylic oxidation sites excluding steroid dienone is 1. The van der Waals surface area contributed by atoms with Crippen molar-refractivity contribution in [3.8, 4) is 11.5 Å². The number of carbonyl (C=O) groups excluding carboxylic acids is 1. The van der Waals surface area contributed by atoms with E-state index < -0.39 is 0 Å². The van der Waals surface area contributed by atoms with E-state index in [9.17, 15) is 4.79 Å². The highest BCUT2D eigenvalue weighted by molar-refractivity contribution is 7.99. The maximum atomic E-state index is 12.5. The lowest BCUT2D eigenvalue weighted by Gasteiger charge is -2.10. The van der Waals surface area contributed by atoms with Gasteiger partial charge in [-0.1, -0.05) is 26.8 Å². The number of benzene rings is 2. The SMILES string of the molecule is CCCOc1cc(C=CC(=O)c2ccc(SCCC)cc2)cc(OCCC)c1. The minimum atomic E-state index is -0.0112. The third kappa shape index (κ3) is 7.43. The van der Waals surface area contributed by atoms with Gasteiger partial charge in [0.1, 0.15) is 11.5 Å². The summed E-state index contributed by atoms with van der Waals surface area (Å²) >= 11 is 1.81. The lowest BCUT2D eigenvalue weighted by atomic mass is 10.1. The van der Waals surface area contributed by atoms with Crippen LogP contribution in [0.2, 0.25) is 0 Å². The van der Waals surface area contributed by atoms with Crippen LogP contribution in [-0.4, -0.2) is 24.7 Å². The largest absolute Gasteiger partial charge is 0.493 e. The zero-order chi connectivity index (χ0) is 20.2. The van der Waals surface area contributed by atoms with Gasteiger partial charge in [-0.25, -0.2) is 0 Å². The molecule has 2 aromatic carbocycles. The molecule has 4 heteroatoms. The summed E-state index contributed by atoms with van der Waals surface area (Å²) in [6, 6.07) is 13.6. The summed E-state index contributed by atoms with van der Waals surface area (Å²) in [6.07, 6.45) is 6.45. The molecule has 0 heterocycles. The number of thioether (sulfide) groups is 1. The van der Waals surface area contributed by atoms with Crippen molar-refractivity contribution in [1.82, 2.24) is 0 Å². The van der Waals surface area contributed by atoms with E-state index in [1.807, 2.05) is 60.3 Å². The predicted molar refractivity (Wildman–Crippen MR) is 119 cm³/mol. The predicted octanol–water partition coefficient (Wildman–Crippen LogP) is 6.66. The Bertz CT molecular complexity index is 740. The van der Waals surface area contributed by atoms with Crippen LogP contribution in [0, 0.1) is 0 Å². The Labute approximate surface area is 173 Å². The minimum absolute atomic E-state index is 0.0112. The van der Waals surface area contributed by atoms with Gasteiger partial charge in [-0.3, -0.25) is 4.79 Å². The summed E-state index contributed by atoms with van der Waals surface area (Å²) in [7, 11) is 0. The van der Waals surface area contributed by atoms with Gasteiger partial charge < -0.3 is 9.47 Å². The first-order valence-electron chi connectivity index (χ1n) is 10.0. The zero-order valence-electron chi connectivity index (χ0n) is 17.1. The van der Waals surface area contributed by atoms with Gasteiger partial charge in [-0.2, -0.15) is 0 Å². The molecule has 0 saturated heterocycles. The summed E-state index contributed by atoms with van der Waals surface area (Å²) in [5.41, 5.74) is 1.58. The third-order valence-electron chi connectivity index (χ3n) is 3.89. The summed E-state index contributed by atoms with van der Waals surface area (Å²) in [6.45, 7) is 7.62. The molecule has 0 saturated carbocycles. The lowest BCUT2D eigenvalue weighted by molar-refractivity contribution is 0.104. The van der Waals surface area contributed by atoms with Crippen LogP contribution >= 0.6 is 11.8 Å². The first kappa shape index (κ1) is 22.1. The molecule has 0 fully saturated rings. The fourth-order valence-corrected chi connectivity index (χ4v) is 3.27. The molecular weight excluding hydrogens is 368 g/mol. The summed E-state index contributed by atoms with van der Waals surface area (Å²) in [5, 5.41) is 0. The van der Waals surface area contributed by atoms with E-state index in [2.05, 4.69) is 20.8 Å². The van der Waals surface area contributed by atoms with E-state index in [-0.39, 0.29) is 5.78 Å². The normalized spacial score (nSPS) is 11.0. The number of carbonyl (C=O) groups is 1. The van der Waals surface area contributed by atoms with E-state index in [1.54, 1.807) is 6.08 Å². The van der Waals surface area contributed by atoms with Crippen LogP contribution in [0.5, 0.6) is 11.5 Å². The Morgan fingerprint density at radius 3 is 2.04 bits per heavy atom. The Morgan fingerprint density at radius 2 is 1.50 bits per heavy atom. The van der Waals surface area contributed by atoms with Gasteiger partial charge in [0.05, 0.1) is 13.2 Å². The molecule has 0 aliphatic heterocycles. The zero-order valence-corrected chi connectivity index (χ0v) is 17.9. The average molecular weight is 399 g/mol. The van der Waals surface area contributed by atoms with Crippen molar-refractivity contribution in [2.75, 3.05) is 19.0 Å². The summed E-state index contributed by atoms with van der Waals surface area (Å²) in [4.78, 5) is 13.7. The van der Waals surface area contributed by atoms with E-state index >= 15 is 0 Å². The molecule has 0 bridgehead atoms. The Balaban J connectivity index is 2.10. The molecule has 0 N–H and O–H groups in total. The molecule has 0 aromatic heterocycles. The second-order valence-electron chi connectivity index (χ2n) is 6.51. The van der Waals surface area contributed by atoms with Gasteiger partial charge >= 0.3 is 0 Å². The molecule has 0 atom stereocenters. The molecule has 2 aromatic rings. The molecule has 0 spiro atoms. The molecule has 150 valence electrons. The van der Waals surface area contributed by atoms with Crippen molar-refractivity contribution in [3.63, 3.8) is 0 Å². The number of hydrogen-bond acceptors (Lipinski definition) is 4. The van der Waals surface area contributed by atoms with Crippen molar-refractivity contribution >= 4 is 23.6 Å². The molecule has 0 aliphatic carbocycles. The molecule has 2 rings (SSSR count). The van der Waals surface area contributed by atoms with Gasteiger partial charge in [-0.15, -0.1) is 11.8 Å². The quantitative estimate of drug-likeness (QED) is 0.227. The third-order valence-corrected chi connectivity index (χ3v) is 5.10. The lowest BCUT2D eigenvalue weighted by Crippen LogP contribution is -1.99. The van der Waals surface area contributed by atoms with Crippen LogP contribution in [0.4, 0.5) is 0 Å². The highest BCUT2D eigenvalue weighted by Gasteiger charge is 2.05. The maximum Gasteiger partial charge on any atom is 0.185 e.